The number of hydrogen-bond acceptors (Lipinski definition) is 9. The molecule has 1 aliphatic heterocycles. The highest BCUT2D eigenvalue weighted by Gasteiger charge is 2.35. The fourth-order valence-electron chi connectivity index (χ4n) is 3.61. The van der Waals surface area contributed by atoms with Gasteiger partial charge in [-0.2, -0.15) is 32.6 Å². The zero-order valence-corrected chi connectivity index (χ0v) is 18.1. The largest absolute Gasteiger partial charge is 0.461 e. The summed E-state index contributed by atoms with van der Waals surface area (Å²) in [5.41, 5.74) is 6.01. The molecule has 1 fully saturated rings. The van der Waals surface area contributed by atoms with E-state index in [-0.39, 0.29) is 61.5 Å². The molecule has 3 aromatic rings. The molecule has 1 atom stereocenters. The van der Waals surface area contributed by atoms with Gasteiger partial charge in [-0.1, -0.05) is 13.8 Å². The standard InChI is InChI=1S/C19H24F3N9O2/c1-11(2)13(15(32)30-7-5-29(6-8-30)10-19(20,21)22)24-17-26-16(23)31-18(27-17)25-14(28-31)12-4-3-9-33-12/h3-4,9,11,13H,5-8,10H2,1-2H3,(H3,23,24,25,26,27,28). The molecule has 0 aliphatic carbocycles. The SMILES string of the molecule is CC(C)C(Nc1nc(N)n2nc(-c3ccco3)nc2n1)C(=O)N1CCN(CC(F)(F)F)CC1. The minimum atomic E-state index is -4.26. The van der Waals surface area contributed by atoms with Gasteiger partial charge in [0.15, 0.2) is 5.76 Å². The minimum absolute atomic E-state index is 0.0172. The number of nitrogens with one attached hydrogen (secondary N) is 1. The average Bonchev–Trinajstić information content (AvgIpc) is 3.40. The molecule has 0 saturated carbocycles. The summed E-state index contributed by atoms with van der Waals surface area (Å²) >= 11 is 0. The van der Waals surface area contributed by atoms with Crippen LogP contribution in [-0.4, -0.2) is 85.2 Å². The number of nitrogens with zero attached hydrogens (tertiary/aromatic N) is 7. The molecule has 0 bridgehead atoms. The maximum atomic E-state index is 13.1. The van der Waals surface area contributed by atoms with Crippen LogP contribution in [0.1, 0.15) is 13.8 Å². The first kappa shape index (κ1) is 22.8. The van der Waals surface area contributed by atoms with Crippen LogP contribution in [0.25, 0.3) is 17.4 Å². The number of aromatic nitrogens is 5. The van der Waals surface area contributed by atoms with Gasteiger partial charge in [0.05, 0.1) is 12.8 Å². The Morgan fingerprint density at radius 1 is 1.21 bits per heavy atom. The maximum absolute atomic E-state index is 13.1. The highest BCUT2D eigenvalue weighted by Crippen LogP contribution is 2.20. The van der Waals surface area contributed by atoms with Crippen LogP contribution < -0.4 is 11.1 Å². The number of furan rings is 1. The number of hydrogen-bond donors (Lipinski definition) is 2. The first-order valence-electron chi connectivity index (χ1n) is 10.4. The van der Waals surface area contributed by atoms with Crippen LogP contribution in [0.5, 0.6) is 0 Å². The van der Waals surface area contributed by atoms with Crippen molar-refractivity contribution in [1.29, 1.82) is 0 Å². The van der Waals surface area contributed by atoms with E-state index in [0.717, 1.165) is 0 Å². The van der Waals surface area contributed by atoms with Crippen LogP contribution in [0.4, 0.5) is 25.1 Å². The van der Waals surface area contributed by atoms with E-state index in [4.69, 9.17) is 10.2 Å². The smallest absolute Gasteiger partial charge is 0.401 e. The third kappa shape index (κ3) is 5.16. The van der Waals surface area contributed by atoms with Gasteiger partial charge in [0.25, 0.3) is 5.78 Å². The fraction of sp³-hybridized carbons (Fsp3) is 0.526. The number of piperazine rings is 1. The lowest BCUT2D eigenvalue weighted by atomic mass is 10.0. The third-order valence-corrected chi connectivity index (χ3v) is 5.28. The molecule has 178 valence electrons. The van der Waals surface area contributed by atoms with Crippen molar-refractivity contribution in [2.24, 2.45) is 5.92 Å². The first-order valence-corrected chi connectivity index (χ1v) is 10.4. The Morgan fingerprint density at radius 2 is 1.94 bits per heavy atom. The quantitative estimate of drug-likeness (QED) is 0.554. The van der Waals surface area contributed by atoms with E-state index < -0.39 is 18.8 Å². The second kappa shape index (κ2) is 8.84. The van der Waals surface area contributed by atoms with E-state index in [9.17, 15) is 18.0 Å². The summed E-state index contributed by atoms with van der Waals surface area (Å²) in [6.07, 6.45) is -2.77. The number of carbonyl (C=O) groups is 1. The Labute approximate surface area is 186 Å². The molecular weight excluding hydrogens is 443 g/mol. The van der Waals surface area contributed by atoms with E-state index in [1.807, 2.05) is 13.8 Å². The number of amides is 1. The summed E-state index contributed by atoms with van der Waals surface area (Å²) in [7, 11) is 0. The van der Waals surface area contributed by atoms with Crippen LogP contribution in [0.15, 0.2) is 22.8 Å². The van der Waals surface area contributed by atoms with Crippen LogP contribution in [0.3, 0.4) is 0 Å². The molecule has 1 aliphatic rings. The van der Waals surface area contributed by atoms with Gasteiger partial charge < -0.3 is 20.4 Å². The van der Waals surface area contributed by atoms with E-state index in [0.29, 0.717) is 5.76 Å². The Bertz CT molecular complexity index is 1110. The Kier molecular flexibility index (Phi) is 6.10. The predicted octanol–water partition coefficient (Wildman–Crippen LogP) is 1.50. The Hall–Kier alpha value is -3.42. The average molecular weight is 467 g/mol. The van der Waals surface area contributed by atoms with Gasteiger partial charge in [0.2, 0.25) is 23.6 Å². The molecule has 1 unspecified atom stereocenters. The van der Waals surface area contributed by atoms with Crippen LogP contribution >= 0.6 is 0 Å². The molecule has 14 heteroatoms. The van der Waals surface area contributed by atoms with Crippen molar-refractivity contribution in [3.8, 4) is 11.6 Å². The second-order valence-electron chi connectivity index (χ2n) is 8.11. The maximum Gasteiger partial charge on any atom is 0.401 e. The summed E-state index contributed by atoms with van der Waals surface area (Å²) in [4.78, 5) is 28.8. The number of alkyl halides is 3. The van der Waals surface area contributed by atoms with Gasteiger partial charge in [-0.25, -0.2) is 0 Å². The fourth-order valence-corrected chi connectivity index (χ4v) is 3.61. The van der Waals surface area contributed by atoms with Crippen LogP contribution in [-0.2, 0) is 4.79 Å². The van der Waals surface area contributed by atoms with Crippen LogP contribution in [0.2, 0.25) is 0 Å². The molecular formula is C19H24F3N9O2. The van der Waals surface area contributed by atoms with E-state index in [1.165, 1.54) is 15.7 Å². The van der Waals surface area contributed by atoms with Crippen molar-refractivity contribution >= 4 is 23.6 Å². The van der Waals surface area contributed by atoms with Crippen molar-refractivity contribution in [2.45, 2.75) is 26.1 Å². The van der Waals surface area contributed by atoms with Crippen molar-refractivity contribution in [1.82, 2.24) is 34.4 Å². The van der Waals surface area contributed by atoms with Crippen molar-refractivity contribution in [2.75, 3.05) is 43.8 Å². The number of nitrogen functional groups attached to an aromatic ring is 1. The lowest BCUT2D eigenvalue weighted by Crippen LogP contribution is -2.55. The Balaban J connectivity index is 1.48. The number of anilines is 2. The summed E-state index contributed by atoms with van der Waals surface area (Å²) in [6.45, 7) is 3.44. The highest BCUT2D eigenvalue weighted by molar-refractivity contribution is 5.84. The van der Waals surface area contributed by atoms with E-state index >= 15 is 0 Å². The number of nitrogens with two attached hydrogens (primary N) is 1. The lowest BCUT2D eigenvalue weighted by Gasteiger charge is -2.37. The molecule has 33 heavy (non-hydrogen) atoms. The molecule has 4 rings (SSSR count). The van der Waals surface area contributed by atoms with E-state index in [2.05, 4.69) is 25.4 Å². The summed E-state index contributed by atoms with van der Waals surface area (Å²) in [5, 5.41) is 7.24. The molecule has 1 saturated heterocycles. The third-order valence-electron chi connectivity index (χ3n) is 5.28. The van der Waals surface area contributed by atoms with Gasteiger partial charge in [-0.15, -0.1) is 5.10 Å². The lowest BCUT2D eigenvalue weighted by molar-refractivity contribution is -0.152. The van der Waals surface area contributed by atoms with Gasteiger partial charge in [0.1, 0.15) is 6.04 Å². The topological polar surface area (TPSA) is 131 Å². The molecule has 11 nitrogen and oxygen atoms in total. The molecule has 0 aromatic carbocycles. The second-order valence-corrected chi connectivity index (χ2v) is 8.11. The predicted molar refractivity (Wildman–Crippen MR) is 112 cm³/mol. The molecule has 1 amide bonds. The van der Waals surface area contributed by atoms with Gasteiger partial charge in [-0.3, -0.25) is 9.69 Å². The summed E-state index contributed by atoms with van der Waals surface area (Å²) < 4.78 is 44.4. The van der Waals surface area contributed by atoms with E-state index in [1.54, 1.807) is 17.0 Å². The summed E-state index contributed by atoms with van der Waals surface area (Å²) in [5.74, 6) is 0.622. The van der Waals surface area contributed by atoms with Crippen molar-refractivity contribution in [3.63, 3.8) is 0 Å². The zero-order valence-electron chi connectivity index (χ0n) is 18.1. The van der Waals surface area contributed by atoms with Gasteiger partial charge in [-0.05, 0) is 18.1 Å². The summed E-state index contributed by atoms with van der Waals surface area (Å²) in [6, 6.07) is 2.69. The number of fused-ring (bicyclic) bond motifs is 1. The highest BCUT2D eigenvalue weighted by atomic mass is 19.4. The van der Waals surface area contributed by atoms with Gasteiger partial charge >= 0.3 is 6.18 Å². The molecule has 3 aromatic heterocycles. The first-order chi connectivity index (χ1) is 15.6. The zero-order chi connectivity index (χ0) is 23.8. The molecule has 4 heterocycles. The number of rotatable bonds is 6. The van der Waals surface area contributed by atoms with Crippen LogP contribution in [0, 0.1) is 5.92 Å². The number of carbonyl (C=O) groups excluding carboxylic acids is 1. The molecule has 0 spiro atoms. The van der Waals surface area contributed by atoms with Crippen molar-refractivity contribution in [3.05, 3.63) is 18.4 Å². The minimum Gasteiger partial charge on any atom is -0.461 e. The normalized spacial score (nSPS) is 16.5. The molecule has 0 radical (unpaired) electrons. The number of halogens is 3. The molecule has 3 N–H and O–H groups in total. The Morgan fingerprint density at radius 3 is 2.55 bits per heavy atom. The van der Waals surface area contributed by atoms with Gasteiger partial charge in [0, 0.05) is 26.2 Å². The van der Waals surface area contributed by atoms with Crippen molar-refractivity contribution < 1.29 is 22.4 Å². The monoisotopic (exact) mass is 467 g/mol.